The molecule has 6 atom stereocenters. The molecule has 0 amide bonds. The molecule has 3 aliphatic carbocycles. The summed E-state index contributed by atoms with van der Waals surface area (Å²) in [6, 6.07) is 0. The number of fused-ring (bicyclic) bond motifs is 1. The van der Waals surface area contributed by atoms with E-state index >= 15 is 0 Å². The maximum atomic E-state index is 2.60. The third-order valence-corrected chi connectivity index (χ3v) is 9.84. The fraction of sp³-hybridized carbons (Fsp3) is 1.00. The standard InChI is InChI=1S/C26H48/c1-8-20(6)12-10-9-11-13-21(14-22-15-23-16-25(22,23)7)24-17-26(24,18(2)3)19(4)5/h18-24H,8-17H2,1-7H3. The Hall–Kier alpha value is 0. The van der Waals surface area contributed by atoms with Crippen LogP contribution in [0, 0.1) is 52.3 Å². The molecule has 3 aliphatic rings. The molecule has 6 unspecified atom stereocenters. The van der Waals surface area contributed by atoms with Gasteiger partial charge in [-0.2, -0.15) is 0 Å². The molecule has 0 spiro atoms. The smallest absolute Gasteiger partial charge is 0.0217 e. The Morgan fingerprint density at radius 1 is 0.885 bits per heavy atom. The molecule has 0 aromatic heterocycles. The van der Waals surface area contributed by atoms with Crippen LogP contribution in [0.4, 0.5) is 0 Å². The van der Waals surface area contributed by atoms with Crippen molar-refractivity contribution >= 4 is 0 Å². The fourth-order valence-corrected chi connectivity index (χ4v) is 7.19. The number of hydrogen-bond donors (Lipinski definition) is 0. The molecule has 0 heteroatoms. The molecule has 3 fully saturated rings. The summed E-state index contributed by atoms with van der Waals surface area (Å²) in [7, 11) is 0. The van der Waals surface area contributed by atoms with Crippen LogP contribution >= 0.6 is 0 Å². The van der Waals surface area contributed by atoms with Crippen LogP contribution in [0.5, 0.6) is 0 Å². The summed E-state index contributed by atoms with van der Waals surface area (Å²) in [5.41, 5.74) is 1.47. The van der Waals surface area contributed by atoms with E-state index in [1.165, 1.54) is 44.9 Å². The van der Waals surface area contributed by atoms with E-state index in [4.69, 9.17) is 0 Å². The summed E-state index contributed by atoms with van der Waals surface area (Å²) in [5, 5.41) is 0. The third kappa shape index (κ3) is 3.77. The minimum atomic E-state index is 0.676. The van der Waals surface area contributed by atoms with Crippen molar-refractivity contribution in [3.63, 3.8) is 0 Å². The van der Waals surface area contributed by atoms with E-state index in [1.807, 2.05) is 0 Å². The van der Waals surface area contributed by atoms with Crippen molar-refractivity contribution in [1.82, 2.24) is 0 Å². The van der Waals surface area contributed by atoms with Gasteiger partial charge in [-0.15, -0.1) is 0 Å². The Morgan fingerprint density at radius 2 is 1.54 bits per heavy atom. The first-order valence-electron chi connectivity index (χ1n) is 12.3. The van der Waals surface area contributed by atoms with E-state index in [2.05, 4.69) is 48.5 Å². The molecule has 0 heterocycles. The van der Waals surface area contributed by atoms with Crippen LogP contribution in [-0.4, -0.2) is 0 Å². The SMILES string of the molecule is CCC(C)CCCCCC(CC1CC2CC12C)C1CC1(C(C)C)C(C)C. The van der Waals surface area contributed by atoms with Crippen molar-refractivity contribution in [3.8, 4) is 0 Å². The second-order valence-electron chi connectivity index (χ2n) is 11.7. The summed E-state index contributed by atoms with van der Waals surface area (Å²) in [6.07, 6.45) is 15.0. The molecule has 3 saturated carbocycles. The Labute approximate surface area is 165 Å². The number of rotatable bonds is 12. The Bertz CT molecular complexity index is 453. The molecule has 0 aromatic carbocycles. The first-order chi connectivity index (χ1) is 12.3. The molecule has 0 saturated heterocycles. The van der Waals surface area contributed by atoms with Gasteiger partial charge in [-0.05, 0) is 77.9 Å². The molecular formula is C26H48. The second kappa shape index (κ2) is 7.79. The van der Waals surface area contributed by atoms with Gasteiger partial charge in [0, 0.05) is 0 Å². The van der Waals surface area contributed by atoms with Crippen molar-refractivity contribution in [2.24, 2.45) is 52.3 Å². The van der Waals surface area contributed by atoms with E-state index in [1.54, 1.807) is 19.3 Å². The number of hydrogen-bond acceptors (Lipinski definition) is 0. The van der Waals surface area contributed by atoms with Gasteiger partial charge in [0.05, 0.1) is 0 Å². The zero-order chi connectivity index (χ0) is 19.1. The lowest BCUT2D eigenvalue weighted by atomic mass is 9.67. The van der Waals surface area contributed by atoms with Crippen molar-refractivity contribution in [2.45, 2.75) is 113 Å². The topological polar surface area (TPSA) is 0 Å². The maximum Gasteiger partial charge on any atom is -0.0217 e. The van der Waals surface area contributed by atoms with E-state index in [-0.39, 0.29) is 0 Å². The largest absolute Gasteiger partial charge is 0.0651 e. The molecule has 152 valence electrons. The maximum absolute atomic E-state index is 2.60. The zero-order valence-corrected chi connectivity index (χ0v) is 19.1. The van der Waals surface area contributed by atoms with Crippen LogP contribution in [0.15, 0.2) is 0 Å². The molecule has 0 aromatic rings. The Morgan fingerprint density at radius 3 is 2.00 bits per heavy atom. The average molecular weight is 361 g/mol. The molecule has 3 rings (SSSR count). The summed E-state index contributed by atoms with van der Waals surface area (Å²) in [4.78, 5) is 0. The lowest BCUT2D eigenvalue weighted by molar-refractivity contribution is 0.112. The second-order valence-corrected chi connectivity index (χ2v) is 11.7. The Kier molecular flexibility index (Phi) is 6.21. The highest BCUT2D eigenvalue weighted by Crippen LogP contribution is 2.74. The summed E-state index contributed by atoms with van der Waals surface area (Å²) >= 11 is 0. The molecule has 0 aliphatic heterocycles. The molecule has 26 heavy (non-hydrogen) atoms. The quantitative estimate of drug-likeness (QED) is 0.307. The van der Waals surface area contributed by atoms with Crippen LogP contribution in [0.25, 0.3) is 0 Å². The first kappa shape index (κ1) is 20.7. The van der Waals surface area contributed by atoms with Gasteiger partial charge in [0.15, 0.2) is 0 Å². The first-order valence-corrected chi connectivity index (χ1v) is 12.3. The molecule has 0 radical (unpaired) electrons. The van der Waals surface area contributed by atoms with Gasteiger partial charge < -0.3 is 0 Å². The van der Waals surface area contributed by atoms with Crippen molar-refractivity contribution in [2.75, 3.05) is 0 Å². The lowest BCUT2D eigenvalue weighted by Gasteiger charge is -2.38. The third-order valence-electron chi connectivity index (χ3n) is 9.84. The minimum Gasteiger partial charge on any atom is -0.0651 e. The molecule has 0 nitrogen and oxygen atoms in total. The molecular weight excluding hydrogens is 312 g/mol. The van der Waals surface area contributed by atoms with Gasteiger partial charge in [-0.25, -0.2) is 0 Å². The van der Waals surface area contributed by atoms with E-state index in [0.29, 0.717) is 5.41 Å². The van der Waals surface area contributed by atoms with E-state index in [9.17, 15) is 0 Å². The molecule has 0 bridgehead atoms. The van der Waals surface area contributed by atoms with Crippen LogP contribution in [-0.2, 0) is 0 Å². The van der Waals surface area contributed by atoms with Crippen LogP contribution in [0.1, 0.15) is 113 Å². The highest BCUT2D eigenvalue weighted by molar-refractivity contribution is 5.15. The van der Waals surface area contributed by atoms with Crippen molar-refractivity contribution in [3.05, 3.63) is 0 Å². The van der Waals surface area contributed by atoms with Gasteiger partial charge >= 0.3 is 0 Å². The monoisotopic (exact) mass is 360 g/mol. The van der Waals surface area contributed by atoms with E-state index in [0.717, 1.165) is 46.8 Å². The Balaban J connectivity index is 1.53. The predicted octanol–water partition coefficient (Wildman–Crippen LogP) is 8.35. The number of unbranched alkanes of at least 4 members (excludes halogenated alkanes) is 2. The highest BCUT2D eigenvalue weighted by atomic mass is 14.7. The van der Waals surface area contributed by atoms with E-state index < -0.39 is 0 Å². The van der Waals surface area contributed by atoms with Gasteiger partial charge in [-0.3, -0.25) is 0 Å². The molecule has 0 N–H and O–H groups in total. The van der Waals surface area contributed by atoms with Crippen LogP contribution < -0.4 is 0 Å². The zero-order valence-electron chi connectivity index (χ0n) is 19.1. The van der Waals surface area contributed by atoms with Crippen molar-refractivity contribution < 1.29 is 0 Å². The van der Waals surface area contributed by atoms with Gasteiger partial charge in [-0.1, -0.05) is 87.0 Å². The predicted molar refractivity (Wildman–Crippen MR) is 115 cm³/mol. The normalized spacial score (nSPS) is 36.6. The summed E-state index contributed by atoms with van der Waals surface area (Å²) in [6.45, 7) is 17.4. The fourth-order valence-electron chi connectivity index (χ4n) is 7.19. The van der Waals surface area contributed by atoms with Gasteiger partial charge in [0.1, 0.15) is 0 Å². The summed E-state index contributed by atoms with van der Waals surface area (Å²) in [5.74, 6) is 6.95. The van der Waals surface area contributed by atoms with Crippen LogP contribution in [0.3, 0.4) is 0 Å². The van der Waals surface area contributed by atoms with Crippen LogP contribution in [0.2, 0.25) is 0 Å². The lowest BCUT2D eigenvalue weighted by Crippen LogP contribution is -2.30. The van der Waals surface area contributed by atoms with Gasteiger partial charge in [0.25, 0.3) is 0 Å². The van der Waals surface area contributed by atoms with Gasteiger partial charge in [0.2, 0.25) is 0 Å². The highest BCUT2D eigenvalue weighted by Gasteiger charge is 2.66. The van der Waals surface area contributed by atoms with Crippen molar-refractivity contribution in [1.29, 1.82) is 0 Å². The summed E-state index contributed by atoms with van der Waals surface area (Å²) < 4.78 is 0. The minimum absolute atomic E-state index is 0.676. The average Bonchev–Trinajstić information content (AvgIpc) is 3.46.